The molecule has 0 aromatic heterocycles. The van der Waals surface area contributed by atoms with Crippen LogP contribution in [-0.2, 0) is 0 Å². The van der Waals surface area contributed by atoms with E-state index in [0.29, 0.717) is 5.70 Å². The number of rotatable bonds is 2. The highest BCUT2D eigenvalue weighted by Gasteiger charge is 1.98. The van der Waals surface area contributed by atoms with Crippen molar-refractivity contribution >= 4 is 11.6 Å². The normalized spacial score (nSPS) is 15.3. The Morgan fingerprint density at radius 1 is 1.78 bits per heavy atom. The molecule has 1 unspecified atom stereocenters. The Morgan fingerprint density at radius 2 is 2.22 bits per heavy atom. The van der Waals surface area contributed by atoms with Crippen molar-refractivity contribution in [2.24, 2.45) is 11.6 Å². The summed E-state index contributed by atoms with van der Waals surface area (Å²) in [5.41, 5.74) is 6.00. The van der Waals surface area contributed by atoms with Crippen molar-refractivity contribution in [1.82, 2.24) is 5.01 Å². The van der Waals surface area contributed by atoms with E-state index in [1.165, 1.54) is 5.01 Å². The number of alkyl halides is 1. The third-order valence-electron chi connectivity index (χ3n) is 0.812. The molecule has 0 saturated heterocycles. The summed E-state index contributed by atoms with van der Waals surface area (Å²) in [6.45, 7) is 1.79. The molecular weight excluding hydrogens is 138 g/mol. The lowest BCUT2D eigenvalue weighted by molar-refractivity contribution is 0.478. The number of nitrogens with two attached hydrogens (primary N) is 2. The number of hydrogen-bond donors (Lipinski definition) is 2. The van der Waals surface area contributed by atoms with Crippen LogP contribution in [0.1, 0.15) is 6.92 Å². The van der Waals surface area contributed by atoms with E-state index in [9.17, 15) is 0 Å². The van der Waals surface area contributed by atoms with E-state index in [1.807, 2.05) is 0 Å². The molecule has 0 aliphatic carbocycles. The van der Waals surface area contributed by atoms with Gasteiger partial charge in [0.05, 0.1) is 5.38 Å². The summed E-state index contributed by atoms with van der Waals surface area (Å²) in [6.07, 6.45) is 1.58. The van der Waals surface area contributed by atoms with E-state index in [0.717, 1.165) is 0 Å². The fraction of sp³-hybridized carbons (Fsp3) is 0.600. The summed E-state index contributed by atoms with van der Waals surface area (Å²) in [6, 6.07) is 0. The number of nitrogens with zero attached hydrogens (tertiary/aromatic N) is 1. The quantitative estimate of drug-likeness (QED) is 0.336. The highest BCUT2D eigenvalue weighted by Crippen LogP contribution is 2.01. The molecule has 1 atom stereocenters. The molecule has 3 nitrogen and oxygen atoms in total. The molecule has 0 rings (SSSR count). The number of hydrazine groups is 1. The predicted molar refractivity (Wildman–Crippen MR) is 39.5 cm³/mol. The highest BCUT2D eigenvalue weighted by molar-refractivity contribution is 6.22. The molecule has 4 N–H and O–H groups in total. The summed E-state index contributed by atoms with van der Waals surface area (Å²) in [5.74, 6) is 5.25. The molecule has 0 amide bonds. The lowest BCUT2D eigenvalue weighted by Crippen LogP contribution is -2.22. The Hall–Kier alpha value is -0.410. The Labute approximate surface area is 60.2 Å². The molecule has 0 aromatic rings. The maximum Gasteiger partial charge on any atom is 0.0717 e. The first kappa shape index (κ1) is 8.59. The molecule has 0 radical (unpaired) electrons. The number of hydrogen-bond acceptors (Lipinski definition) is 3. The minimum absolute atomic E-state index is 0.156. The van der Waals surface area contributed by atoms with Crippen LogP contribution in [0, 0.1) is 0 Å². The van der Waals surface area contributed by atoms with Gasteiger partial charge >= 0.3 is 0 Å². The molecule has 0 spiro atoms. The summed E-state index contributed by atoms with van der Waals surface area (Å²) < 4.78 is 0. The Balaban J connectivity index is 3.84. The first-order valence-electron chi connectivity index (χ1n) is 2.63. The van der Waals surface area contributed by atoms with Crippen LogP contribution in [-0.4, -0.2) is 17.4 Å². The maximum atomic E-state index is 5.60. The topological polar surface area (TPSA) is 55.3 Å². The van der Waals surface area contributed by atoms with Gasteiger partial charge in [0, 0.05) is 18.9 Å². The molecule has 0 aliphatic rings. The van der Waals surface area contributed by atoms with E-state index in [1.54, 1.807) is 20.2 Å². The molecule has 54 valence electrons. The largest absolute Gasteiger partial charge is 0.400 e. The molecule has 0 bridgehead atoms. The third kappa shape index (κ3) is 4.12. The van der Waals surface area contributed by atoms with E-state index < -0.39 is 0 Å². The van der Waals surface area contributed by atoms with Crippen LogP contribution >= 0.6 is 11.6 Å². The molecule has 0 fully saturated rings. The highest BCUT2D eigenvalue weighted by atomic mass is 35.5. The first-order chi connectivity index (χ1) is 4.04. The Morgan fingerprint density at radius 3 is 2.33 bits per heavy atom. The van der Waals surface area contributed by atoms with Gasteiger partial charge in [-0.05, 0) is 6.92 Å². The van der Waals surface area contributed by atoms with Gasteiger partial charge in [-0.3, -0.25) is 0 Å². The molecular formula is C5H12ClN3. The van der Waals surface area contributed by atoms with Crippen LogP contribution in [0.3, 0.4) is 0 Å². The standard InChI is InChI=1S/C5H12ClN3/c1-4(6)5(7)3-9(2)8/h3-4H,7-8H2,1-2H3/b5-3-. The number of allylic oxidation sites excluding steroid dienone is 1. The average molecular weight is 150 g/mol. The lowest BCUT2D eigenvalue weighted by atomic mass is 10.4. The van der Waals surface area contributed by atoms with E-state index in [4.69, 9.17) is 23.2 Å². The fourth-order valence-corrected chi connectivity index (χ4v) is 0.394. The van der Waals surface area contributed by atoms with Crippen LogP contribution in [0.15, 0.2) is 11.9 Å². The Bertz CT molecular complexity index is 109. The second-order valence-corrected chi connectivity index (χ2v) is 2.57. The molecule has 0 saturated carbocycles. The van der Waals surface area contributed by atoms with Gasteiger partial charge in [-0.1, -0.05) is 0 Å². The summed E-state index contributed by atoms with van der Waals surface area (Å²) in [7, 11) is 1.69. The predicted octanol–water partition coefficient (Wildman–Crippen LogP) is 0.219. The monoisotopic (exact) mass is 149 g/mol. The van der Waals surface area contributed by atoms with Gasteiger partial charge in [0.1, 0.15) is 0 Å². The van der Waals surface area contributed by atoms with Crippen molar-refractivity contribution in [3.05, 3.63) is 11.9 Å². The zero-order valence-corrected chi connectivity index (χ0v) is 6.39. The van der Waals surface area contributed by atoms with Crippen LogP contribution in [0.4, 0.5) is 0 Å². The molecule has 0 aromatic carbocycles. The molecule has 0 heterocycles. The van der Waals surface area contributed by atoms with E-state index in [2.05, 4.69) is 0 Å². The minimum Gasteiger partial charge on any atom is -0.400 e. The van der Waals surface area contributed by atoms with Crippen molar-refractivity contribution in [2.45, 2.75) is 12.3 Å². The van der Waals surface area contributed by atoms with Crippen molar-refractivity contribution < 1.29 is 0 Å². The smallest absolute Gasteiger partial charge is 0.0717 e. The van der Waals surface area contributed by atoms with Crippen LogP contribution in [0.25, 0.3) is 0 Å². The molecule has 0 aliphatic heterocycles. The van der Waals surface area contributed by atoms with E-state index in [-0.39, 0.29) is 5.38 Å². The first-order valence-corrected chi connectivity index (χ1v) is 3.06. The summed E-state index contributed by atoms with van der Waals surface area (Å²) >= 11 is 5.60. The Kier molecular flexibility index (Phi) is 3.42. The van der Waals surface area contributed by atoms with Crippen molar-refractivity contribution in [3.63, 3.8) is 0 Å². The van der Waals surface area contributed by atoms with Gasteiger partial charge in [0.2, 0.25) is 0 Å². The summed E-state index contributed by atoms with van der Waals surface area (Å²) in [4.78, 5) is 0. The zero-order chi connectivity index (χ0) is 7.44. The maximum absolute atomic E-state index is 5.60. The molecule has 9 heavy (non-hydrogen) atoms. The van der Waals surface area contributed by atoms with Gasteiger partial charge in [0.25, 0.3) is 0 Å². The third-order valence-corrected chi connectivity index (χ3v) is 1.06. The SMILES string of the molecule is CC(Cl)/C(N)=C/N(C)N. The van der Waals surface area contributed by atoms with Gasteiger partial charge in [-0.25, -0.2) is 5.84 Å². The second-order valence-electron chi connectivity index (χ2n) is 1.91. The van der Waals surface area contributed by atoms with Crippen LogP contribution < -0.4 is 11.6 Å². The fourth-order valence-electron chi connectivity index (χ4n) is 0.338. The number of halogens is 1. The van der Waals surface area contributed by atoms with Crippen molar-refractivity contribution in [3.8, 4) is 0 Å². The van der Waals surface area contributed by atoms with Gasteiger partial charge in [0.15, 0.2) is 0 Å². The average Bonchev–Trinajstić information content (AvgIpc) is 1.63. The molecule has 4 heteroatoms. The van der Waals surface area contributed by atoms with Crippen molar-refractivity contribution in [1.29, 1.82) is 0 Å². The van der Waals surface area contributed by atoms with Gasteiger partial charge in [-0.2, -0.15) is 0 Å². The lowest BCUT2D eigenvalue weighted by Gasteiger charge is -2.08. The zero-order valence-electron chi connectivity index (χ0n) is 5.63. The van der Waals surface area contributed by atoms with Gasteiger partial charge < -0.3 is 10.7 Å². The van der Waals surface area contributed by atoms with Crippen LogP contribution in [0.5, 0.6) is 0 Å². The van der Waals surface area contributed by atoms with Crippen LogP contribution in [0.2, 0.25) is 0 Å². The minimum atomic E-state index is -0.156. The van der Waals surface area contributed by atoms with Crippen molar-refractivity contribution in [2.75, 3.05) is 7.05 Å². The van der Waals surface area contributed by atoms with E-state index >= 15 is 0 Å². The summed E-state index contributed by atoms with van der Waals surface area (Å²) in [5, 5.41) is 1.21. The van der Waals surface area contributed by atoms with Gasteiger partial charge in [-0.15, -0.1) is 11.6 Å². The second kappa shape index (κ2) is 3.58.